The van der Waals surface area contributed by atoms with Gasteiger partial charge < -0.3 is 16.4 Å². The first-order chi connectivity index (χ1) is 12.7. The van der Waals surface area contributed by atoms with Crippen molar-refractivity contribution in [3.8, 4) is 0 Å². The van der Waals surface area contributed by atoms with Crippen molar-refractivity contribution in [3.63, 3.8) is 0 Å². The molecular weight excluding hydrogens is 353 g/mol. The van der Waals surface area contributed by atoms with Gasteiger partial charge in [-0.15, -0.1) is 0 Å². The number of hydrogen-bond acceptors (Lipinski definition) is 5. The zero-order valence-corrected chi connectivity index (χ0v) is 15.5. The third kappa shape index (κ3) is 5.05. The first kappa shape index (κ1) is 18.9. The molecule has 2 aromatic rings. The van der Waals surface area contributed by atoms with Gasteiger partial charge in [-0.25, -0.2) is 9.37 Å². The van der Waals surface area contributed by atoms with Gasteiger partial charge in [-0.2, -0.15) is 4.98 Å². The number of aromatic nitrogens is 2. The molecule has 1 aromatic heterocycles. The number of rotatable bonds is 7. The molecular formula is C19H25ClFN5. The lowest BCUT2D eigenvalue weighted by atomic mass is 9.82. The number of nitrogens with zero attached hydrogens (tertiary/aromatic N) is 2. The van der Waals surface area contributed by atoms with Crippen LogP contribution in [0.4, 0.5) is 16.2 Å². The molecule has 0 aliphatic heterocycles. The molecule has 1 aromatic carbocycles. The van der Waals surface area contributed by atoms with Crippen molar-refractivity contribution in [3.05, 3.63) is 46.9 Å². The molecule has 140 valence electrons. The summed E-state index contributed by atoms with van der Waals surface area (Å²) in [5.41, 5.74) is 6.67. The molecule has 0 atom stereocenters. The normalized spacial score (nSPS) is 20.0. The standard InChI is InChI=1S/C19H25ClFN5/c20-16-4-2-1-3-15(16)11-24-19-25-12-17(21)18(26-19)23-10-14-7-5-13(9-22)6-8-14/h1-4,12-14H,5-11,22H2,(H2,23,24,25,26). The Hall–Kier alpha value is -1.92. The molecule has 1 aliphatic carbocycles. The summed E-state index contributed by atoms with van der Waals surface area (Å²) < 4.78 is 14.0. The van der Waals surface area contributed by atoms with E-state index in [9.17, 15) is 4.39 Å². The van der Waals surface area contributed by atoms with Gasteiger partial charge in [0.2, 0.25) is 5.95 Å². The summed E-state index contributed by atoms with van der Waals surface area (Å²) in [7, 11) is 0. The lowest BCUT2D eigenvalue weighted by molar-refractivity contribution is 0.289. The van der Waals surface area contributed by atoms with E-state index in [1.54, 1.807) is 0 Å². The molecule has 1 saturated carbocycles. The second-order valence-corrected chi connectivity index (χ2v) is 7.25. The average molecular weight is 378 g/mol. The third-order valence-electron chi connectivity index (χ3n) is 5.00. The van der Waals surface area contributed by atoms with Crippen LogP contribution in [0.25, 0.3) is 0 Å². The molecule has 1 fully saturated rings. The third-order valence-corrected chi connectivity index (χ3v) is 5.37. The molecule has 4 N–H and O–H groups in total. The maximum Gasteiger partial charge on any atom is 0.225 e. The molecule has 1 heterocycles. The Balaban J connectivity index is 1.55. The van der Waals surface area contributed by atoms with Crippen LogP contribution in [0.2, 0.25) is 5.02 Å². The van der Waals surface area contributed by atoms with Crippen molar-refractivity contribution in [2.45, 2.75) is 32.2 Å². The van der Waals surface area contributed by atoms with Crippen molar-refractivity contribution in [2.24, 2.45) is 17.6 Å². The van der Waals surface area contributed by atoms with Crippen molar-refractivity contribution in [2.75, 3.05) is 23.7 Å². The molecule has 0 bridgehead atoms. The van der Waals surface area contributed by atoms with Crippen LogP contribution >= 0.6 is 11.6 Å². The average Bonchev–Trinajstić information content (AvgIpc) is 2.68. The second kappa shape index (κ2) is 9.14. The molecule has 26 heavy (non-hydrogen) atoms. The van der Waals surface area contributed by atoms with Crippen molar-refractivity contribution in [1.29, 1.82) is 0 Å². The van der Waals surface area contributed by atoms with Crippen LogP contribution in [-0.4, -0.2) is 23.1 Å². The Morgan fingerprint density at radius 1 is 1.12 bits per heavy atom. The van der Waals surface area contributed by atoms with E-state index < -0.39 is 5.82 Å². The van der Waals surface area contributed by atoms with Gasteiger partial charge in [-0.1, -0.05) is 29.8 Å². The minimum absolute atomic E-state index is 0.239. The second-order valence-electron chi connectivity index (χ2n) is 6.84. The predicted octanol–water partition coefficient (Wildman–Crippen LogP) is 4.06. The molecule has 0 saturated heterocycles. The quantitative estimate of drug-likeness (QED) is 0.678. The van der Waals surface area contributed by atoms with Gasteiger partial charge in [-0.3, -0.25) is 0 Å². The maximum absolute atomic E-state index is 14.0. The lowest BCUT2D eigenvalue weighted by Crippen LogP contribution is -2.25. The molecule has 0 radical (unpaired) electrons. The molecule has 7 heteroatoms. The highest BCUT2D eigenvalue weighted by atomic mass is 35.5. The summed E-state index contributed by atoms with van der Waals surface area (Å²) in [6, 6.07) is 7.55. The molecule has 1 aliphatic rings. The minimum Gasteiger partial charge on any atom is -0.367 e. The van der Waals surface area contributed by atoms with Crippen molar-refractivity contribution >= 4 is 23.4 Å². The van der Waals surface area contributed by atoms with E-state index >= 15 is 0 Å². The Kier molecular flexibility index (Phi) is 6.63. The van der Waals surface area contributed by atoms with E-state index in [4.69, 9.17) is 17.3 Å². The van der Waals surface area contributed by atoms with Crippen LogP contribution < -0.4 is 16.4 Å². The fourth-order valence-corrected chi connectivity index (χ4v) is 3.51. The van der Waals surface area contributed by atoms with Gasteiger partial charge in [-0.05, 0) is 55.7 Å². The summed E-state index contributed by atoms with van der Waals surface area (Å²) >= 11 is 6.14. The fourth-order valence-electron chi connectivity index (χ4n) is 3.30. The number of halogens is 2. The van der Waals surface area contributed by atoms with Crippen LogP contribution in [0.5, 0.6) is 0 Å². The van der Waals surface area contributed by atoms with Gasteiger partial charge in [0.1, 0.15) is 0 Å². The van der Waals surface area contributed by atoms with E-state index in [2.05, 4.69) is 20.6 Å². The lowest BCUT2D eigenvalue weighted by Gasteiger charge is -2.27. The zero-order chi connectivity index (χ0) is 18.4. The summed E-state index contributed by atoms with van der Waals surface area (Å²) in [5, 5.41) is 6.91. The summed E-state index contributed by atoms with van der Waals surface area (Å²) in [5.74, 6) is 1.35. The van der Waals surface area contributed by atoms with E-state index in [0.717, 1.165) is 44.3 Å². The fraction of sp³-hybridized carbons (Fsp3) is 0.474. The van der Waals surface area contributed by atoms with Crippen LogP contribution in [0.1, 0.15) is 31.2 Å². The van der Waals surface area contributed by atoms with Gasteiger partial charge >= 0.3 is 0 Å². The summed E-state index contributed by atoms with van der Waals surface area (Å²) in [4.78, 5) is 8.27. The van der Waals surface area contributed by atoms with Gasteiger partial charge in [0, 0.05) is 18.1 Å². The molecule has 0 unspecified atom stereocenters. The Labute approximate surface area is 158 Å². The van der Waals surface area contributed by atoms with Crippen molar-refractivity contribution < 1.29 is 4.39 Å². The van der Waals surface area contributed by atoms with Gasteiger partial charge in [0.15, 0.2) is 11.6 Å². The molecule has 5 nitrogen and oxygen atoms in total. The predicted molar refractivity (Wildman–Crippen MR) is 104 cm³/mol. The first-order valence-corrected chi connectivity index (χ1v) is 9.47. The summed E-state index contributed by atoms with van der Waals surface area (Å²) in [6.07, 6.45) is 5.74. The van der Waals surface area contributed by atoms with E-state index in [1.165, 1.54) is 6.20 Å². The number of hydrogen-bond donors (Lipinski definition) is 3. The monoisotopic (exact) mass is 377 g/mol. The van der Waals surface area contributed by atoms with Gasteiger partial charge in [0.05, 0.1) is 6.20 Å². The van der Waals surface area contributed by atoms with Gasteiger partial charge in [0.25, 0.3) is 0 Å². The highest BCUT2D eigenvalue weighted by molar-refractivity contribution is 6.31. The number of nitrogens with two attached hydrogens (primary N) is 1. The maximum atomic E-state index is 14.0. The highest BCUT2D eigenvalue weighted by Crippen LogP contribution is 2.28. The Bertz CT molecular complexity index is 719. The van der Waals surface area contributed by atoms with Crippen molar-refractivity contribution in [1.82, 2.24) is 9.97 Å². The molecule has 3 rings (SSSR count). The topological polar surface area (TPSA) is 75.9 Å². The molecule has 0 spiro atoms. The van der Waals surface area contributed by atoms with E-state index in [0.29, 0.717) is 29.4 Å². The van der Waals surface area contributed by atoms with E-state index in [-0.39, 0.29) is 5.82 Å². The van der Waals surface area contributed by atoms with Crippen LogP contribution in [0, 0.1) is 17.7 Å². The van der Waals surface area contributed by atoms with Crippen LogP contribution in [0.3, 0.4) is 0 Å². The first-order valence-electron chi connectivity index (χ1n) is 9.09. The van der Waals surface area contributed by atoms with E-state index in [1.807, 2.05) is 24.3 Å². The largest absolute Gasteiger partial charge is 0.367 e. The Morgan fingerprint density at radius 2 is 1.85 bits per heavy atom. The summed E-state index contributed by atoms with van der Waals surface area (Å²) in [6.45, 7) is 1.96. The zero-order valence-electron chi connectivity index (χ0n) is 14.7. The SMILES string of the molecule is NCC1CCC(CNc2nc(NCc3ccccc3Cl)ncc2F)CC1. The number of anilines is 2. The minimum atomic E-state index is -0.441. The number of nitrogens with one attached hydrogen (secondary N) is 2. The highest BCUT2D eigenvalue weighted by Gasteiger charge is 2.20. The Morgan fingerprint density at radius 3 is 2.58 bits per heavy atom. The van der Waals surface area contributed by atoms with Crippen LogP contribution in [-0.2, 0) is 6.54 Å². The molecule has 0 amide bonds. The number of benzene rings is 1. The smallest absolute Gasteiger partial charge is 0.225 e. The van der Waals surface area contributed by atoms with Crippen LogP contribution in [0.15, 0.2) is 30.5 Å².